The summed E-state index contributed by atoms with van der Waals surface area (Å²) in [5.74, 6) is -0.669. The van der Waals surface area contributed by atoms with E-state index in [9.17, 15) is 14.3 Å². The summed E-state index contributed by atoms with van der Waals surface area (Å²) < 4.78 is 13.4. The Labute approximate surface area is 191 Å². The number of phenolic OH excluding ortho intramolecular Hbond substituents is 1. The second-order valence-electron chi connectivity index (χ2n) is 6.81. The number of anilines is 1. The summed E-state index contributed by atoms with van der Waals surface area (Å²) in [5, 5.41) is 14.0. The minimum Gasteiger partial charge on any atom is -0.506 e. The molecule has 2 aromatic carbocycles. The number of amides is 1. The van der Waals surface area contributed by atoms with Crippen molar-refractivity contribution in [2.75, 3.05) is 5.32 Å². The van der Waals surface area contributed by atoms with Gasteiger partial charge in [-0.25, -0.2) is 14.4 Å². The van der Waals surface area contributed by atoms with E-state index in [1.54, 1.807) is 19.1 Å². The van der Waals surface area contributed by atoms with Gasteiger partial charge in [-0.1, -0.05) is 35.5 Å². The van der Waals surface area contributed by atoms with Crippen LogP contribution in [0.15, 0.2) is 53.8 Å². The average Bonchev–Trinajstić information content (AvgIpc) is 3.08. The molecule has 4 rings (SSSR count). The zero-order valence-electron chi connectivity index (χ0n) is 16.5. The van der Waals surface area contributed by atoms with Crippen LogP contribution in [-0.4, -0.2) is 26.2 Å². The van der Waals surface area contributed by atoms with Crippen LogP contribution in [0.1, 0.15) is 11.8 Å². The van der Waals surface area contributed by atoms with Crippen LogP contribution < -0.4 is 5.32 Å². The molecular formula is C22H17ClFN3O2S2. The zero-order chi connectivity index (χ0) is 22.1. The molecule has 0 saturated heterocycles. The lowest BCUT2D eigenvalue weighted by Gasteiger charge is -2.14. The highest BCUT2D eigenvalue weighted by molar-refractivity contribution is 8.00. The van der Waals surface area contributed by atoms with E-state index in [2.05, 4.69) is 15.3 Å². The highest BCUT2D eigenvalue weighted by atomic mass is 35.5. The Balaban J connectivity index is 1.66. The SMILES string of the molecule is Cc1sc2ncnc(SC(C)C(=O)Nc3cc(Cl)ccc3O)c2c1-c1ccc(F)cc1. The van der Waals surface area contributed by atoms with Crippen LogP contribution in [0.25, 0.3) is 21.3 Å². The van der Waals surface area contributed by atoms with E-state index in [0.29, 0.717) is 10.0 Å². The lowest BCUT2D eigenvalue weighted by Crippen LogP contribution is -2.22. The van der Waals surface area contributed by atoms with E-state index in [1.165, 1.54) is 59.8 Å². The number of halogens is 2. The molecule has 0 aliphatic heterocycles. The Morgan fingerprint density at radius 2 is 1.97 bits per heavy atom. The lowest BCUT2D eigenvalue weighted by molar-refractivity contribution is -0.115. The van der Waals surface area contributed by atoms with Crippen LogP contribution in [-0.2, 0) is 4.79 Å². The molecule has 4 aromatic rings. The van der Waals surface area contributed by atoms with E-state index in [-0.39, 0.29) is 23.2 Å². The van der Waals surface area contributed by atoms with Crippen molar-refractivity contribution in [1.82, 2.24) is 9.97 Å². The van der Waals surface area contributed by atoms with Gasteiger partial charge in [-0.3, -0.25) is 4.79 Å². The number of carbonyl (C=O) groups excluding carboxylic acids is 1. The molecule has 0 aliphatic carbocycles. The fraction of sp³-hybridized carbons (Fsp3) is 0.136. The second-order valence-corrected chi connectivity index (χ2v) is 9.78. The average molecular weight is 474 g/mol. The molecule has 2 N–H and O–H groups in total. The first-order valence-electron chi connectivity index (χ1n) is 9.29. The Bertz CT molecular complexity index is 1280. The van der Waals surface area contributed by atoms with E-state index in [1.807, 2.05) is 6.92 Å². The number of fused-ring (bicyclic) bond motifs is 1. The van der Waals surface area contributed by atoms with Crippen LogP contribution in [0, 0.1) is 12.7 Å². The normalized spacial score (nSPS) is 12.1. The van der Waals surface area contributed by atoms with Crippen molar-refractivity contribution in [2.45, 2.75) is 24.1 Å². The monoisotopic (exact) mass is 473 g/mol. The number of rotatable bonds is 5. The number of phenols is 1. The number of nitrogens with one attached hydrogen (secondary N) is 1. The first-order valence-corrected chi connectivity index (χ1v) is 11.4. The lowest BCUT2D eigenvalue weighted by atomic mass is 10.0. The maximum atomic E-state index is 13.4. The zero-order valence-corrected chi connectivity index (χ0v) is 18.9. The van der Waals surface area contributed by atoms with Crippen molar-refractivity contribution in [2.24, 2.45) is 0 Å². The van der Waals surface area contributed by atoms with Crippen LogP contribution in [0.3, 0.4) is 0 Å². The van der Waals surface area contributed by atoms with Gasteiger partial charge in [-0.15, -0.1) is 11.3 Å². The fourth-order valence-corrected chi connectivity index (χ4v) is 5.31. The minimum atomic E-state index is -0.516. The van der Waals surface area contributed by atoms with Crippen LogP contribution >= 0.6 is 34.7 Å². The predicted octanol–water partition coefficient (Wildman–Crippen LogP) is 6.28. The Morgan fingerprint density at radius 1 is 1.23 bits per heavy atom. The molecule has 2 aromatic heterocycles. The molecule has 0 spiro atoms. The third-order valence-corrected chi connectivity index (χ3v) is 6.99. The van der Waals surface area contributed by atoms with Crippen molar-refractivity contribution >= 4 is 56.5 Å². The van der Waals surface area contributed by atoms with Gasteiger partial charge in [-0.2, -0.15) is 0 Å². The number of aromatic hydroxyl groups is 1. The van der Waals surface area contributed by atoms with Gasteiger partial charge >= 0.3 is 0 Å². The maximum Gasteiger partial charge on any atom is 0.237 e. The molecule has 0 saturated carbocycles. The number of benzene rings is 2. The standard InChI is InChI=1S/C22H17ClFN3O2S2/c1-11-18(13-3-6-15(24)7-4-13)19-21(30-11)25-10-26-22(19)31-12(2)20(29)27-16-9-14(23)5-8-17(16)28/h3-10,12,28H,1-2H3,(H,27,29). The number of nitrogens with zero attached hydrogens (tertiary/aromatic N) is 2. The first kappa shape index (κ1) is 21.5. The minimum absolute atomic E-state index is 0.0635. The third-order valence-electron chi connectivity index (χ3n) is 4.64. The Hall–Kier alpha value is -2.68. The topological polar surface area (TPSA) is 75.1 Å². The smallest absolute Gasteiger partial charge is 0.237 e. The molecule has 1 amide bonds. The van der Waals surface area contributed by atoms with Gasteiger partial charge < -0.3 is 10.4 Å². The summed E-state index contributed by atoms with van der Waals surface area (Å²) in [6, 6.07) is 10.7. The summed E-state index contributed by atoms with van der Waals surface area (Å²) in [7, 11) is 0. The Morgan fingerprint density at radius 3 is 2.71 bits per heavy atom. The van der Waals surface area contributed by atoms with Crippen molar-refractivity contribution in [1.29, 1.82) is 0 Å². The number of thiophene rings is 1. The predicted molar refractivity (Wildman–Crippen MR) is 125 cm³/mol. The molecule has 2 heterocycles. The highest BCUT2D eigenvalue weighted by Crippen LogP contribution is 2.42. The summed E-state index contributed by atoms with van der Waals surface area (Å²) >= 11 is 8.77. The van der Waals surface area contributed by atoms with Gasteiger partial charge in [0, 0.05) is 15.5 Å². The molecule has 5 nitrogen and oxygen atoms in total. The van der Waals surface area contributed by atoms with Gasteiger partial charge in [0.15, 0.2) is 0 Å². The molecule has 1 atom stereocenters. The largest absolute Gasteiger partial charge is 0.506 e. The molecule has 0 fully saturated rings. The quantitative estimate of drug-likeness (QED) is 0.202. The van der Waals surface area contributed by atoms with Crippen molar-refractivity contribution < 1.29 is 14.3 Å². The Kier molecular flexibility index (Phi) is 6.13. The summed E-state index contributed by atoms with van der Waals surface area (Å²) in [5.41, 5.74) is 2.04. The number of aromatic nitrogens is 2. The number of hydrogen-bond donors (Lipinski definition) is 2. The van der Waals surface area contributed by atoms with Gasteiger partial charge in [0.25, 0.3) is 0 Å². The molecule has 158 valence electrons. The van der Waals surface area contributed by atoms with Crippen molar-refractivity contribution in [3.05, 3.63) is 64.5 Å². The summed E-state index contributed by atoms with van der Waals surface area (Å²) in [6.07, 6.45) is 1.47. The highest BCUT2D eigenvalue weighted by Gasteiger charge is 2.22. The fourth-order valence-electron chi connectivity index (χ4n) is 3.13. The molecule has 0 aliphatic rings. The summed E-state index contributed by atoms with van der Waals surface area (Å²) in [4.78, 5) is 23.4. The van der Waals surface area contributed by atoms with E-state index in [4.69, 9.17) is 11.6 Å². The molecule has 1 unspecified atom stereocenters. The molecular weight excluding hydrogens is 457 g/mol. The molecule has 31 heavy (non-hydrogen) atoms. The van der Waals surface area contributed by atoms with Gasteiger partial charge in [0.05, 0.1) is 16.3 Å². The first-order chi connectivity index (χ1) is 14.8. The van der Waals surface area contributed by atoms with E-state index in [0.717, 1.165) is 26.2 Å². The van der Waals surface area contributed by atoms with Crippen LogP contribution in [0.5, 0.6) is 5.75 Å². The number of hydrogen-bond acceptors (Lipinski definition) is 6. The molecule has 0 bridgehead atoms. The second kappa shape index (κ2) is 8.82. The molecule has 9 heteroatoms. The van der Waals surface area contributed by atoms with Gasteiger partial charge in [0.1, 0.15) is 27.8 Å². The number of carbonyl (C=O) groups is 1. The van der Waals surface area contributed by atoms with Gasteiger partial charge in [0.2, 0.25) is 5.91 Å². The maximum absolute atomic E-state index is 13.4. The van der Waals surface area contributed by atoms with Crippen LogP contribution in [0.2, 0.25) is 5.02 Å². The van der Waals surface area contributed by atoms with Gasteiger partial charge in [-0.05, 0) is 49.7 Å². The third kappa shape index (κ3) is 4.51. The van der Waals surface area contributed by atoms with Crippen molar-refractivity contribution in [3.63, 3.8) is 0 Å². The summed E-state index contributed by atoms with van der Waals surface area (Å²) in [6.45, 7) is 3.74. The van der Waals surface area contributed by atoms with Crippen LogP contribution in [0.4, 0.5) is 10.1 Å². The van der Waals surface area contributed by atoms with E-state index < -0.39 is 5.25 Å². The molecule has 0 radical (unpaired) electrons. The van der Waals surface area contributed by atoms with E-state index >= 15 is 0 Å². The number of aryl methyl sites for hydroxylation is 1. The van der Waals surface area contributed by atoms with Crippen molar-refractivity contribution in [3.8, 4) is 16.9 Å². The number of thioether (sulfide) groups is 1.